The van der Waals surface area contributed by atoms with E-state index < -0.39 is 21.9 Å². The second-order valence-corrected chi connectivity index (χ2v) is 6.91. The number of carbonyl (C=O) groups excluding carboxylic acids is 2. The summed E-state index contributed by atoms with van der Waals surface area (Å²) in [5, 5.41) is 10.9. The highest BCUT2D eigenvalue weighted by atomic mass is 32.2. The van der Waals surface area contributed by atoms with Gasteiger partial charge in [0.15, 0.2) is 11.5 Å². The molecule has 0 unspecified atom stereocenters. The first-order valence-electron chi connectivity index (χ1n) is 8.24. The quantitative estimate of drug-likeness (QED) is 0.397. The van der Waals surface area contributed by atoms with Crippen LogP contribution < -0.4 is 9.47 Å². The number of methoxy groups -OCH3 is 2. The van der Waals surface area contributed by atoms with Gasteiger partial charge in [0.05, 0.1) is 42.2 Å². The monoisotopic (exact) mass is 418 g/mol. The van der Waals surface area contributed by atoms with Gasteiger partial charge in [0.1, 0.15) is 5.82 Å². The van der Waals surface area contributed by atoms with Gasteiger partial charge < -0.3 is 9.47 Å². The predicted molar refractivity (Wildman–Crippen MR) is 104 cm³/mol. The second kappa shape index (κ2) is 8.31. The first-order chi connectivity index (χ1) is 13.8. The maximum Gasteiger partial charge on any atom is 0.293 e. The van der Waals surface area contributed by atoms with E-state index in [0.717, 1.165) is 4.90 Å². The molecule has 1 heterocycles. The molecule has 0 bridgehead atoms. The number of thioether (sulfide) groups is 1. The van der Waals surface area contributed by atoms with E-state index in [1.165, 1.54) is 56.7 Å². The molecule has 1 fully saturated rings. The molecule has 0 atom stereocenters. The van der Waals surface area contributed by atoms with Crippen LogP contribution in [0, 0.1) is 15.9 Å². The lowest BCUT2D eigenvalue weighted by atomic mass is 10.1. The normalized spacial score (nSPS) is 15.1. The van der Waals surface area contributed by atoms with Gasteiger partial charge >= 0.3 is 0 Å². The number of rotatable bonds is 6. The minimum Gasteiger partial charge on any atom is -0.493 e. The van der Waals surface area contributed by atoms with Crippen molar-refractivity contribution in [1.82, 2.24) is 4.90 Å². The maximum atomic E-state index is 13.0. The van der Waals surface area contributed by atoms with Crippen LogP contribution in [-0.4, -0.2) is 35.2 Å². The molecule has 150 valence electrons. The zero-order valence-electron chi connectivity index (χ0n) is 15.4. The Morgan fingerprint density at radius 3 is 2.34 bits per heavy atom. The second-order valence-electron chi connectivity index (χ2n) is 5.92. The highest BCUT2D eigenvalue weighted by Gasteiger charge is 2.35. The number of nitro groups is 1. The summed E-state index contributed by atoms with van der Waals surface area (Å²) in [6.45, 7) is -0.0314. The summed E-state index contributed by atoms with van der Waals surface area (Å²) >= 11 is 0.673. The predicted octanol–water partition coefficient (Wildman–Crippen LogP) is 3.99. The Labute approximate surface area is 169 Å². The van der Waals surface area contributed by atoms with Crippen molar-refractivity contribution in [2.75, 3.05) is 14.2 Å². The average Bonchev–Trinajstić information content (AvgIpc) is 2.96. The molecule has 2 aromatic rings. The summed E-state index contributed by atoms with van der Waals surface area (Å²) < 4.78 is 23.3. The van der Waals surface area contributed by atoms with Gasteiger partial charge in [0.25, 0.3) is 16.8 Å². The van der Waals surface area contributed by atoms with Gasteiger partial charge in [-0.05, 0) is 41.6 Å². The molecule has 0 saturated carbocycles. The Morgan fingerprint density at radius 1 is 1.14 bits per heavy atom. The van der Waals surface area contributed by atoms with Crippen molar-refractivity contribution in [3.63, 3.8) is 0 Å². The topological polar surface area (TPSA) is 99.0 Å². The van der Waals surface area contributed by atoms with Crippen LogP contribution in [0.1, 0.15) is 11.1 Å². The molecule has 3 rings (SSSR count). The standard InChI is InChI=1S/C19H15FN2O6S/c1-27-15-7-12(14(22(25)26)9-16(15)28-2)8-17-18(23)21(19(24)29-17)10-11-3-5-13(20)6-4-11/h3-9H,10H2,1-2H3/b17-8-. The Morgan fingerprint density at radius 2 is 1.76 bits per heavy atom. The van der Waals surface area contributed by atoms with E-state index in [2.05, 4.69) is 0 Å². The van der Waals surface area contributed by atoms with Crippen LogP contribution in [-0.2, 0) is 11.3 Å². The number of nitro benzene ring substituents is 1. The lowest BCUT2D eigenvalue weighted by Gasteiger charge is -2.12. The molecule has 29 heavy (non-hydrogen) atoms. The fourth-order valence-corrected chi connectivity index (χ4v) is 3.54. The van der Waals surface area contributed by atoms with Crippen molar-refractivity contribution >= 4 is 34.7 Å². The summed E-state index contributed by atoms with van der Waals surface area (Å²) in [6.07, 6.45) is 1.27. The number of imide groups is 1. The summed E-state index contributed by atoms with van der Waals surface area (Å²) in [5.41, 5.74) is 0.375. The third-order valence-corrected chi connectivity index (χ3v) is 5.05. The zero-order valence-corrected chi connectivity index (χ0v) is 16.2. The molecule has 0 aromatic heterocycles. The zero-order chi connectivity index (χ0) is 21.1. The molecule has 0 spiro atoms. The van der Waals surface area contributed by atoms with Gasteiger partial charge in [0, 0.05) is 0 Å². The van der Waals surface area contributed by atoms with Crippen LogP contribution in [0.5, 0.6) is 11.5 Å². The Bertz CT molecular complexity index is 1020. The van der Waals surface area contributed by atoms with Crippen molar-refractivity contribution in [1.29, 1.82) is 0 Å². The van der Waals surface area contributed by atoms with E-state index >= 15 is 0 Å². The molecule has 8 nitrogen and oxygen atoms in total. The van der Waals surface area contributed by atoms with Gasteiger partial charge in [-0.2, -0.15) is 0 Å². The lowest BCUT2D eigenvalue weighted by Crippen LogP contribution is -2.27. The number of halogens is 1. The maximum absolute atomic E-state index is 13.0. The minimum atomic E-state index is -0.615. The van der Waals surface area contributed by atoms with E-state index in [9.17, 15) is 24.1 Å². The van der Waals surface area contributed by atoms with Gasteiger partial charge in [-0.3, -0.25) is 24.6 Å². The van der Waals surface area contributed by atoms with Crippen LogP contribution in [0.4, 0.5) is 14.9 Å². The molecule has 10 heteroatoms. The van der Waals surface area contributed by atoms with Crippen molar-refractivity contribution in [2.45, 2.75) is 6.54 Å². The van der Waals surface area contributed by atoms with Crippen molar-refractivity contribution in [3.8, 4) is 11.5 Å². The number of carbonyl (C=O) groups is 2. The highest BCUT2D eigenvalue weighted by molar-refractivity contribution is 8.18. The number of hydrogen-bond acceptors (Lipinski definition) is 7. The van der Waals surface area contributed by atoms with E-state index in [-0.39, 0.29) is 34.2 Å². The molecule has 1 aliphatic heterocycles. The summed E-state index contributed by atoms with van der Waals surface area (Å²) in [7, 11) is 2.73. The molecule has 2 amide bonds. The smallest absolute Gasteiger partial charge is 0.293 e. The van der Waals surface area contributed by atoms with Gasteiger partial charge in [-0.15, -0.1) is 0 Å². The summed E-state index contributed by atoms with van der Waals surface area (Å²) in [5.74, 6) is -0.604. The SMILES string of the molecule is COc1cc(/C=C2\SC(=O)N(Cc3ccc(F)cc3)C2=O)c([N+](=O)[O-])cc1OC. The van der Waals surface area contributed by atoms with Gasteiger partial charge in [-0.1, -0.05) is 12.1 Å². The molecular weight excluding hydrogens is 403 g/mol. The number of benzene rings is 2. The first kappa shape index (κ1) is 20.3. The van der Waals surface area contributed by atoms with Crippen LogP contribution in [0.15, 0.2) is 41.3 Å². The number of nitrogens with zero attached hydrogens (tertiary/aromatic N) is 2. The summed E-state index contributed by atoms with van der Waals surface area (Å²) in [4.78, 5) is 36.8. The molecular formula is C19H15FN2O6S. The molecule has 1 aliphatic rings. The molecule has 0 N–H and O–H groups in total. The summed E-state index contributed by atoms with van der Waals surface area (Å²) in [6, 6.07) is 7.97. The van der Waals surface area contributed by atoms with Crippen molar-refractivity contribution in [2.24, 2.45) is 0 Å². The third-order valence-electron chi connectivity index (χ3n) is 4.14. The Balaban J connectivity index is 1.94. The third kappa shape index (κ3) is 4.21. The Hall–Kier alpha value is -3.40. The van der Waals surface area contributed by atoms with Crippen LogP contribution in [0.2, 0.25) is 0 Å². The molecule has 1 saturated heterocycles. The largest absolute Gasteiger partial charge is 0.493 e. The molecule has 0 aliphatic carbocycles. The fourth-order valence-electron chi connectivity index (χ4n) is 2.71. The first-order valence-corrected chi connectivity index (χ1v) is 9.06. The average molecular weight is 418 g/mol. The molecule has 0 radical (unpaired) electrons. The number of amides is 2. The van der Waals surface area contributed by atoms with Crippen molar-refractivity contribution in [3.05, 3.63) is 68.4 Å². The lowest BCUT2D eigenvalue weighted by molar-refractivity contribution is -0.385. The number of hydrogen-bond donors (Lipinski definition) is 0. The van der Waals surface area contributed by atoms with E-state index in [0.29, 0.717) is 17.3 Å². The molecule has 2 aromatic carbocycles. The number of ether oxygens (including phenoxy) is 2. The van der Waals surface area contributed by atoms with E-state index in [4.69, 9.17) is 9.47 Å². The highest BCUT2D eigenvalue weighted by Crippen LogP contribution is 2.39. The van der Waals surface area contributed by atoms with Gasteiger partial charge in [0.2, 0.25) is 0 Å². The minimum absolute atomic E-state index is 0.0314. The fraction of sp³-hybridized carbons (Fsp3) is 0.158. The Kier molecular flexibility index (Phi) is 5.83. The van der Waals surface area contributed by atoms with Crippen LogP contribution in [0.3, 0.4) is 0 Å². The van der Waals surface area contributed by atoms with E-state index in [1.807, 2.05) is 0 Å². The van der Waals surface area contributed by atoms with Crippen molar-refractivity contribution < 1.29 is 28.4 Å². The van der Waals surface area contributed by atoms with Crippen LogP contribution >= 0.6 is 11.8 Å². The van der Waals surface area contributed by atoms with E-state index in [1.54, 1.807) is 0 Å². The van der Waals surface area contributed by atoms with Gasteiger partial charge in [-0.25, -0.2) is 4.39 Å². The van der Waals surface area contributed by atoms with Crippen LogP contribution in [0.25, 0.3) is 6.08 Å².